The Hall–Kier alpha value is -1.92. The number of imidazole rings is 1. The van der Waals surface area contributed by atoms with Crippen molar-refractivity contribution in [2.75, 3.05) is 0 Å². The van der Waals surface area contributed by atoms with Crippen molar-refractivity contribution < 1.29 is 0 Å². The second-order valence-corrected chi connectivity index (χ2v) is 9.19. The summed E-state index contributed by atoms with van der Waals surface area (Å²) in [6, 6.07) is 13.0. The van der Waals surface area contributed by atoms with Crippen molar-refractivity contribution in [3.63, 3.8) is 0 Å². The van der Waals surface area contributed by atoms with Gasteiger partial charge in [-0.15, -0.1) is 10.2 Å². The van der Waals surface area contributed by atoms with Crippen molar-refractivity contribution in [2.45, 2.75) is 26.7 Å². The van der Waals surface area contributed by atoms with Crippen LogP contribution in [0.25, 0.3) is 27.8 Å². The maximum Gasteiger partial charge on any atom is 0.168 e. The van der Waals surface area contributed by atoms with Crippen molar-refractivity contribution >= 4 is 46.1 Å². The second-order valence-electron chi connectivity index (χ2n) is 6.91. The van der Waals surface area contributed by atoms with Gasteiger partial charge in [0.15, 0.2) is 5.01 Å². The zero-order valence-electron chi connectivity index (χ0n) is 15.9. The number of halogens is 3. The number of hydrogen-bond donors (Lipinski definition) is 0. The van der Waals surface area contributed by atoms with Crippen LogP contribution in [0.15, 0.2) is 42.5 Å². The Kier molecular flexibility index (Phi) is 5.67. The first-order chi connectivity index (χ1) is 13.8. The normalized spacial score (nSPS) is 11.4. The van der Waals surface area contributed by atoms with Crippen molar-refractivity contribution in [3.8, 4) is 27.8 Å². The van der Waals surface area contributed by atoms with Crippen molar-refractivity contribution in [1.82, 2.24) is 19.7 Å². The van der Waals surface area contributed by atoms with E-state index in [4.69, 9.17) is 39.8 Å². The zero-order chi connectivity index (χ0) is 20.7. The molecule has 4 rings (SSSR count). The Morgan fingerprint density at radius 3 is 2.24 bits per heavy atom. The van der Waals surface area contributed by atoms with Crippen LogP contribution in [-0.2, 0) is 0 Å². The first-order valence-corrected chi connectivity index (χ1v) is 10.9. The molecule has 4 nitrogen and oxygen atoms in total. The van der Waals surface area contributed by atoms with Gasteiger partial charge in [0, 0.05) is 27.2 Å². The molecule has 4 aromatic rings. The number of rotatable bonds is 4. The molecule has 0 bridgehead atoms. The van der Waals surface area contributed by atoms with Gasteiger partial charge in [-0.05, 0) is 49.4 Å². The van der Waals surface area contributed by atoms with Crippen LogP contribution in [0.3, 0.4) is 0 Å². The molecular weight excluding hydrogens is 447 g/mol. The molecule has 0 aliphatic carbocycles. The molecule has 0 saturated heterocycles. The number of aromatic nitrogens is 4. The van der Waals surface area contributed by atoms with Gasteiger partial charge < -0.3 is 0 Å². The third kappa shape index (κ3) is 3.92. The summed E-state index contributed by atoms with van der Waals surface area (Å²) in [5, 5.41) is 12.2. The average molecular weight is 464 g/mol. The highest BCUT2D eigenvalue weighted by atomic mass is 35.5. The minimum absolute atomic E-state index is 0.310. The van der Waals surface area contributed by atoms with Crippen LogP contribution < -0.4 is 0 Å². The van der Waals surface area contributed by atoms with E-state index in [2.05, 4.69) is 28.6 Å². The van der Waals surface area contributed by atoms with Crippen LogP contribution >= 0.6 is 46.1 Å². The van der Waals surface area contributed by atoms with E-state index in [1.807, 2.05) is 37.3 Å². The first-order valence-electron chi connectivity index (χ1n) is 8.99. The van der Waals surface area contributed by atoms with E-state index in [-0.39, 0.29) is 0 Å². The van der Waals surface area contributed by atoms with Gasteiger partial charge in [-0.2, -0.15) is 0 Å². The maximum absolute atomic E-state index is 6.52. The van der Waals surface area contributed by atoms with Crippen molar-refractivity contribution in [2.24, 2.45) is 0 Å². The van der Waals surface area contributed by atoms with Crippen LogP contribution in [0.1, 0.15) is 30.5 Å². The minimum Gasteiger partial charge on any atom is -0.296 e. The molecule has 0 fully saturated rings. The van der Waals surface area contributed by atoms with Gasteiger partial charge in [-0.1, -0.05) is 60.0 Å². The quantitative estimate of drug-likeness (QED) is 0.315. The smallest absolute Gasteiger partial charge is 0.168 e. The van der Waals surface area contributed by atoms with Gasteiger partial charge in [0.05, 0.1) is 10.7 Å². The van der Waals surface area contributed by atoms with Crippen LogP contribution in [0.4, 0.5) is 0 Å². The summed E-state index contributed by atoms with van der Waals surface area (Å²) in [7, 11) is 0. The molecule has 0 aliphatic rings. The lowest BCUT2D eigenvalue weighted by atomic mass is 10.2. The molecule has 29 heavy (non-hydrogen) atoms. The van der Waals surface area contributed by atoms with Crippen molar-refractivity contribution in [3.05, 3.63) is 68.2 Å². The average Bonchev–Trinajstić information content (AvgIpc) is 3.28. The highest BCUT2D eigenvalue weighted by Crippen LogP contribution is 2.37. The molecule has 8 heteroatoms. The summed E-state index contributed by atoms with van der Waals surface area (Å²) in [4.78, 5) is 4.92. The predicted octanol–water partition coefficient (Wildman–Crippen LogP) is 7.45. The fourth-order valence-electron chi connectivity index (χ4n) is 3.03. The van der Waals surface area contributed by atoms with Gasteiger partial charge >= 0.3 is 0 Å². The zero-order valence-corrected chi connectivity index (χ0v) is 19.0. The van der Waals surface area contributed by atoms with Crippen molar-refractivity contribution in [1.29, 1.82) is 0 Å². The summed E-state index contributed by atoms with van der Waals surface area (Å²) >= 11 is 20.3. The molecular formula is C21H17Cl3N4S. The standard InChI is InChI=1S/C21H17Cl3N4S/c1-11(2)20-26-27-21(29-20)18-12(3)28(15-7-4-13(22)5-8-15)19(25-18)16-9-6-14(23)10-17(16)24/h4-11H,1-3H3. The third-order valence-electron chi connectivity index (χ3n) is 4.50. The minimum atomic E-state index is 0.310. The molecule has 0 radical (unpaired) electrons. The van der Waals surface area contributed by atoms with Crippen LogP contribution in [0.5, 0.6) is 0 Å². The molecule has 0 spiro atoms. The Morgan fingerprint density at radius 2 is 1.62 bits per heavy atom. The fraction of sp³-hybridized carbons (Fsp3) is 0.190. The first kappa shape index (κ1) is 20.4. The summed E-state index contributed by atoms with van der Waals surface area (Å²) < 4.78 is 2.05. The molecule has 0 aliphatic heterocycles. The van der Waals surface area contributed by atoms with E-state index in [1.165, 1.54) is 0 Å². The van der Waals surface area contributed by atoms with E-state index in [0.717, 1.165) is 32.7 Å². The summed E-state index contributed by atoms with van der Waals surface area (Å²) in [6.07, 6.45) is 0. The molecule has 0 atom stereocenters. The summed E-state index contributed by atoms with van der Waals surface area (Å²) in [5.41, 5.74) is 3.44. The van der Waals surface area contributed by atoms with Gasteiger partial charge in [-0.3, -0.25) is 4.57 Å². The van der Waals surface area contributed by atoms with E-state index in [0.29, 0.717) is 26.8 Å². The van der Waals surface area contributed by atoms with Gasteiger partial charge in [0.1, 0.15) is 16.5 Å². The third-order valence-corrected chi connectivity index (χ3v) is 6.53. The van der Waals surface area contributed by atoms with E-state index >= 15 is 0 Å². The highest BCUT2D eigenvalue weighted by Gasteiger charge is 2.22. The lowest BCUT2D eigenvalue weighted by Gasteiger charge is -2.11. The molecule has 148 valence electrons. The largest absolute Gasteiger partial charge is 0.296 e. The molecule has 2 aromatic carbocycles. The Bertz CT molecular complexity index is 1180. The molecule has 0 unspecified atom stereocenters. The predicted molar refractivity (Wildman–Crippen MR) is 122 cm³/mol. The maximum atomic E-state index is 6.52. The molecule has 0 saturated carbocycles. The summed E-state index contributed by atoms with van der Waals surface area (Å²) in [5.74, 6) is 1.02. The highest BCUT2D eigenvalue weighted by molar-refractivity contribution is 7.14. The Morgan fingerprint density at radius 1 is 0.931 bits per heavy atom. The number of nitrogens with zero attached hydrogens (tertiary/aromatic N) is 4. The molecule has 2 aromatic heterocycles. The van der Waals surface area contributed by atoms with Crippen LogP contribution in [0.2, 0.25) is 15.1 Å². The van der Waals surface area contributed by atoms with Gasteiger partial charge in [0.25, 0.3) is 0 Å². The Balaban J connectivity index is 1.96. The lowest BCUT2D eigenvalue weighted by Crippen LogP contribution is -2.00. The topological polar surface area (TPSA) is 43.6 Å². The fourth-order valence-corrected chi connectivity index (χ4v) is 4.53. The lowest BCUT2D eigenvalue weighted by molar-refractivity contribution is 0.825. The molecule has 0 amide bonds. The molecule has 0 N–H and O–H groups in total. The SMILES string of the molecule is Cc1c(-c2nnc(C(C)C)s2)nc(-c2ccc(Cl)cc2Cl)n1-c1ccc(Cl)cc1. The van der Waals surface area contributed by atoms with Gasteiger partial charge in [0.2, 0.25) is 0 Å². The number of benzene rings is 2. The van der Waals surface area contributed by atoms with E-state index in [9.17, 15) is 0 Å². The van der Waals surface area contributed by atoms with Crippen LogP contribution in [-0.4, -0.2) is 19.7 Å². The Labute approximate surface area is 188 Å². The molecule has 2 heterocycles. The van der Waals surface area contributed by atoms with Gasteiger partial charge in [-0.25, -0.2) is 4.98 Å². The monoisotopic (exact) mass is 462 g/mol. The van der Waals surface area contributed by atoms with E-state index in [1.54, 1.807) is 23.5 Å². The van der Waals surface area contributed by atoms with Crippen LogP contribution in [0, 0.1) is 6.92 Å². The van der Waals surface area contributed by atoms with E-state index < -0.39 is 0 Å². The summed E-state index contributed by atoms with van der Waals surface area (Å²) in [6.45, 7) is 6.21. The second kappa shape index (κ2) is 8.07. The number of hydrogen-bond acceptors (Lipinski definition) is 4.